The molecule has 0 radical (unpaired) electrons. The van der Waals surface area contributed by atoms with E-state index in [1.165, 1.54) is 47.5 Å². The molecule has 0 aliphatic carbocycles. The second-order valence-electron chi connectivity index (χ2n) is 5.51. The molecule has 0 unspecified atom stereocenters. The van der Waals surface area contributed by atoms with Crippen LogP contribution in [0.1, 0.15) is 32.6 Å². The molecular formula is C18H22N2. The standard InChI is InChI=1S/C18H22N2/c1-2-3-4-7-12-20-17-9-6-5-8-15(17)16-13-14(19)10-11-18(16)20/h5-6,8-11,13H,2-4,7,12,19H2,1H3. The molecule has 2 nitrogen and oxygen atoms in total. The normalized spacial score (nSPS) is 11.4. The van der Waals surface area contributed by atoms with Crippen LogP contribution >= 0.6 is 0 Å². The average Bonchev–Trinajstić information content (AvgIpc) is 2.78. The molecule has 0 atom stereocenters. The highest BCUT2D eigenvalue weighted by molar-refractivity contribution is 6.08. The molecule has 0 fully saturated rings. The van der Waals surface area contributed by atoms with Crippen molar-refractivity contribution < 1.29 is 0 Å². The number of fused-ring (bicyclic) bond motifs is 3. The van der Waals surface area contributed by atoms with E-state index in [-0.39, 0.29) is 0 Å². The van der Waals surface area contributed by atoms with Gasteiger partial charge in [-0.15, -0.1) is 0 Å². The van der Waals surface area contributed by atoms with Crippen LogP contribution in [0.4, 0.5) is 5.69 Å². The highest BCUT2D eigenvalue weighted by Gasteiger charge is 2.09. The quantitative estimate of drug-likeness (QED) is 0.513. The van der Waals surface area contributed by atoms with E-state index in [1.807, 2.05) is 6.07 Å². The Balaban J connectivity index is 2.07. The zero-order chi connectivity index (χ0) is 13.9. The predicted octanol–water partition coefficient (Wildman–Crippen LogP) is 4.96. The molecule has 0 aliphatic heterocycles. The summed E-state index contributed by atoms with van der Waals surface area (Å²) in [5.41, 5.74) is 9.42. The van der Waals surface area contributed by atoms with Crippen molar-refractivity contribution in [1.82, 2.24) is 4.57 Å². The number of rotatable bonds is 5. The predicted molar refractivity (Wildman–Crippen MR) is 88.0 cm³/mol. The number of para-hydroxylation sites is 1. The lowest BCUT2D eigenvalue weighted by Crippen LogP contribution is -1.97. The number of nitrogens with zero attached hydrogens (tertiary/aromatic N) is 1. The number of anilines is 1. The van der Waals surface area contributed by atoms with Crippen LogP contribution in [0.15, 0.2) is 42.5 Å². The Morgan fingerprint density at radius 1 is 0.900 bits per heavy atom. The van der Waals surface area contributed by atoms with Gasteiger partial charge < -0.3 is 10.3 Å². The van der Waals surface area contributed by atoms with E-state index in [4.69, 9.17) is 5.73 Å². The van der Waals surface area contributed by atoms with Crippen LogP contribution in [0, 0.1) is 0 Å². The fourth-order valence-electron chi connectivity index (χ4n) is 3.01. The molecule has 1 heterocycles. The largest absolute Gasteiger partial charge is 0.399 e. The van der Waals surface area contributed by atoms with Crippen molar-refractivity contribution in [3.8, 4) is 0 Å². The van der Waals surface area contributed by atoms with Gasteiger partial charge in [0.2, 0.25) is 0 Å². The minimum Gasteiger partial charge on any atom is -0.399 e. The Labute approximate surface area is 120 Å². The van der Waals surface area contributed by atoms with Gasteiger partial charge in [-0.2, -0.15) is 0 Å². The zero-order valence-corrected chi connectivity index (χ0v) is 12.1. The van der Waals surface area contributed by atoms with Crippen LogP contribution < -0.4 is 5.73 Å². The summed E-state index contributed by atoms with van der Waals surface area (Å²) in [6.07, 6.45) is 5.15. The number of hydrogen-bond donors (Lipinski definition) is 1. The first-order chi connectivity index (χ1) is 9.81. The smallest absolute Gasteiger partial charge is 0.0492 e. The molecule has 2 N–H and O–H groups in total. The zero-order valence-electron chi connectivity index (χ0n) is 12.1. The van der Waals surface area contributed by atoms with Gasteiger partial charge in [0, 0.05) is 34.0 Å². The topological polar surface area (TPSA) is 30.9 Å². The summed E-state index contributed by atoms with van der Waals surface area (Å²) >= 11 is 0. The fraction of sp³-hybridized carbons (Fsp3) is 0.333. The monoisotopic (exact) mass is 266 g/mol. The molecule has 0 aliphatic rings. The molecule has 3 aromatic rings. The molecule has 0 bridgehead atoms. The van der Waals surface area contributed by atoms with Gasteiger partial charge in [-0.1, -0.05) is 44.4 Å². The van der Waals surface area contributed by atoms with Crippen LogP contribution in [0.2, 0.25) is 0 Å². The SMILES string of the molecule is CCCCCCn1c2ccccc2c2cc(N)ccc21. The molecule has 0 amide bonds. The second kappa shape index (κ2) is 5.58. The number of nitrogen functional groups attached to an aromatic ring is 1. The summed E-state index contributed by atoms with van der Waals surface area (Å²) in [6, 6.07) is 14.9. The van der Waals surface area contributed by atoms with Gasteiger partial charge in [-0.25, -0.2) is 0 Å². The summed E-state index contributed by atoms with van der Waals surface area (Å²) < 4.78 is 2.44. The number of aryl methyl sites for hydroxylation is 1. The van der Waals surface area contributed by atoms with Crippen molar-refractivity contribution in [1.29, 1.82) is 0 Å². The Kier molecular flexibility index (Phi) is 3.64. The number of hydrogen-bond acceptors (Lipinski definition) is 1. The van der Waals surface area contributed by atoms with E-state index in [0.717, 1.165) is 12.2 Å². The van der Waals surface area contributed by atoms with Crippen molar-refractivity contribution in [3.05, 3.63) is 42.5 Å². The van der Waals surface area contributed by atoms with Gasteiger partial charge in [0.1, 0.15) is 0 Å². The Morgan fingerprint density at radius 2 is 1.70 bits per heavy atom. The third kappa shape index (κ3) is 2.26. The lowest BCUT2D eigenvalue weighted by atomic mass is 10.1. The lowest BCUT2D eigenvalue weighted by molar-refractivity contribution is 0.602. The maximum atomic E-state index is 5.95. The third-order valence-corrected chi connectivity index (χ3v) is 4.03. The van der Waals surface area contributed by atoms with E-state index >= 15 is 0 Å². The van der Waals surface area contributed by atoms with Gasteiger partial charge in [0.05, 0.1) is 0 Å². The van der Waals surface area contributed by atoms with Crippen LogP contribution in [-0.2, 0) is 6.54 Å². The first-order valence-electron chi connectivity index (χ1n) is 7.57. The maximum absolute atomic E-state index is 5.95. The molecule has 2 heteroatoms. The highest BCUT2D eigenvalue weighted by atomic mass is 15.0. The van der Waals surface area contributed by atoms with Gasteiger partial charge in [-0.05, 0) is 30.7 Å². The molecule has 1 aromatic heterocycles. The van der Waals surface area contributed by atoms with Crippen LogP contribution in [0.5, 0.6) is 0 Å². The van der Waals surface area contributed by atoms with E-state index in [1.54, 1.807) is 0 Å². The molecule has 0 saturated carbocycles. The summed E-state index contributed by atoms with van der Waals surface area (Å²) in [5.74, 6) is 0. The molecule has 0 spiro atoms. The third-order valence-electron chi connectivity index (χ3n) is 4.03. The number of aromatic nitrogens is 1. The van der Waals surface area contributed by atoms with Gasteiger partial charge >= 0.3 is 0 Å². The molecule has 104 valence electrons. The molecule has 3 rings (SSSR count). The van der Waals surface area contributed by atoms with E-state index in [2.05, 4.69) is 47.9 Å². The van der Waals surface area contributed by atoms with Gasteiger partial charge in [-0.3, -0.25) is 0 Å². The molecular weight excluding hydrogens is 244 g/mol. The summed E-state index contributed by atoms with van der Waals surface area (Å²) in [4.78, 5) is 0. The van der Waals surface area contributed by atoms with E-state index < -0.39 is 0 Å². The number of nitrogens with two attached hydrogens (primary N) is 1. The molecule has 20 heavy (non-hydrogen) atoms. The average molecular weight is 266 g/mol. The number of benzene rings is 2. The van der Waals surface area contributed by atoms with Crippen molar-refractivity contribution in [2.24, 2.45) is 0 Å². The summed E-state index contributed by atoms with van der Waals surface area (Å²) in [5, 5.41) is 2.58. The van der Waals surface area contributed by atoms with E-state index in [0.29, 0.717) is 0 Å². The first kappa shape index (κ1) is 13.0. The highest BCUT2D eigenvalue weighted by Crippen LogP contribution is 2.30. The van der Waals surface area contributed by atoms with Crippen molar-refractivity contribution in [2.75, 3.05) is 5.73 Å². The Hall–Kier alpha value is -1.96. The summed E-state index contributed by atoms with van der Waals surface area (Å²) in [7, 11) is 0. The van der Waals surface area contributed by atoms with Crippen molar-refractivity contribution in [3.63, 3.8) is 0 Å². The second-order valence-corrected chi connectivity index (χ2v) is 5.51. The van der Waals surface area contributed by atoms with Crippen molar-refractivity contribution in [2.45, 2.75) is 39.2 Å². The lowest BCUT2D eigenvalue weighted by Gasteiger charge is -2.07. The number of unbranched alkanes of at least 4 members (excludes halogenated alkanes) is 3. The van der Waals surface area contributed by atoms with Crippen LogP contribution in [-0.4, -0.2) is 4.57 Å². The van der Waals surface area contributed by atoms with Crippen molar-refractivity contribution >= 4 is 27.5 Å². The minimum atomic E-state index is 0.839. The van der Waals surface area contributed by atoms with Gasteiger partial charge in [0.25, 0.3) is 0 Å². The first-order valence-corrected chi connectivity index (χ1v) is 7.57. The Bertz CT molecular complexity index is 725. The van der Waals surface area contributed by atoms with Crippen LogP contribution in [0.25, 0.3) is 21.8 Å². The minimum absolute atomic E-state index is 0.839. The fourth-order valence-corrected chi connectivity index (χ4v) is 3.01. The van der Waals surface area contributed by atoms with Crippen LogP contribution in [0.3, 0.4) is 0 Å². The van der Waals surface area contributed by atoms with Gasteiger partial charge in [0.15, 0.2) is 0 Å². The molecule has 0 saturated heterocycles. The molecule has 2 aromatic carbocycles. The van der Waals surface area contributed by atoms with E-state index in [9.17, 15) is 0 Å². The maximum Gasteiger partial charge on any atom is 0.0492 e. The Morgan fingerprint density at radius 3 is 2.55 bits per heavy atom. The summed E-state index contributed by atoms with van der Waals surface area (Å²) in [6.45, 7) is 3.34.